The van der Waals surface area contributed by atoms with E-state index in [1.165, 1.54) is 21.0 Å². The van der Waals surface area contributed by atoms with E-state index in [9.17, 15) is 18.0 Å². The Hall–Kier alpha value is -4.99. The van der Waals surface area contributed by atoms with Crippen LogP contribution in [0.5, 0.6) is 5.75 Å². The lowest BCUT2D eigenvalue weighted by Crippen LogP contribution is -2.49. The number of benzene rings is 2. The highest BCUT2D eigenvalue weighted by molar-refractivity contribution is 7.91. The van der Waals surface area contributed by atoms with E-state index >= 15 is 13.2 Å². The van der Waals surface area contributed by atoms with Gasteiger partial charge in [0.2, 0.25) is 11.8 Å². The summed E-state index contributed by atoms with van der Waals surface area (Å²) in [5.41, 5.74) is -0.778. The largest absolute Gasteiger partial charge is 0.495 e. The number of hydrogen-bond acceptors (Lipinski definition) is 10. The van der Waals surface area contributed by atoms with Crippen LogP contribution < -0.4 is 15.0 Å². The smallest absolute Gasteiger partial charge is 0.408 e. The number of alkyl carbamates (subject to hydrolysis) is 1. The number of ether oxygens (including phenoxy) is 2. The Labute approximate surface area is 286 Å². The molecule has 0 saturated heterocycles. The molecule has 2 aromatic heterocycles. The van der Waals surface area contributed by atoms with Crippen LogP contribution in [0.1, 0.15) is 58.1 Å². The molecule has 1 N–H and O–H groups in total. The van der Waals surface area contributed by atoms with Crippen LogP contribution in [0.15, 0.2) is 59.1 Å². The van der Waals surface area contributed by atoms with E-state index in [1.54, 1.807) is 63.4 Å². The van der Waals surface area contributed by atoms with Crippen molar-refractivity contribution in [2.75, 3.05) is 18.3 Å². The Balaban J connectivity index is 1.59. The van der Waals surface area contributed by atoms with Crippen LogP contribution in [0.25, 0.3) is 22.7 Å². The summed E-state index contributed by atoms with van der Waals surface area (Å²) in [6.07, 6.45) is 0.238. The Morgan fingerprint density at radius 2 is 1.76 bits per heavy atom. The molecule has 3 heterocycles. The fourth-order valence-electron chi connectivity index (χ4n) is 5.10. The van der Waals surface area contributed by atoms with Gasteiger partial charge in [-0.25, -0.2) is 26.4 Å². The van der Waals surface area contributed by atoms with Crippen molar-refractivity contribution in [1.82, 2.24) is 20.5 Å². The Kier molecular flexibility index (Phi) is 9.47. The van der Waals surface area contributed by atoms with Crippen molar-refractivity contribution in [3.05, 3.63) is 77.6 Å². The number of carbonyl (C=O) groups excluding carboxylic acids is 2. The van der Waals surface area contributed by atoms with Gasteiger partial charge in [0.05, 0.1) is 36.8 Å². The number of carbonyl (C=O) groups is 2. The zero-order valence-corrected chi connectivity index (χ0v) is 29.2. The van der Waals surface area contributed by atoms with Crippen LogP contribution in [-0.2, 0) is 36.6 Å². The van der Waals surface area contributed by atoms with E-state index in [-0.39, 0.29) is 18.1 Å². The summed E-state index contributed by atoms with van der Waals surface area (Å²) in [6, 6.07) is 10.1. The summed E-state index contributed by atoms with van der Waals surface area (Å²) in [6.45, 7) is 7.10. The Morgan fingerprint density at radius 3 is 2.34 bits per heavy atom. The van der Waals surface area contributed by atoms with Crippen molar-refractivity contribution >= 4 is 27.5 Å². The summed E-state index contributed by atoms with van der Waals surface area (Å²) < 4.78 is 86.7. The Morgan fingerprint density at radius 1 is 1.08 bits per heavy atom. The van der Waals surface area contributed by atoms with Crippen LogP contribution in [-0.4, -0.2) is 60.6 Å². The predicted octanol–water partition coefficient (Wildman–Crippen LogP) is 6.15. The molecule has 0 fully saturated rings. The third-order valence-electron chi connectivity index (χ3n) is 8.15. The van der Waals surface area contributed by atoms with Gasteiger partial charge in [0.15, 0.2) is 9.84 Å². The van der Waals surface area contributed by atoms with Crippen LogP contribution in [0.4, 0.5) is 23.7 Å². The SMILES string of the molecule is COc1ccc(-c2ccc(CN3C(=O)[C@H](NC(=O)OC(C)(C)C)CC(F)(F)c4cc(F)c(-c5nnc(C(C)(C)S(C)(=O)=O)o5)cc43)cc2)nc1. The number of fused-ring (bicyclic) bond motifs is 1. The number of alkyl halides is 2. The zero-order valence-electron chi connectivity index (χ0n) is 28.4. The molecule has 16 heteroatoms. The second kappa shape index (κ2) is 13.0. The quantitative estimate of drug-likeness (QED) is 0.225. The van der Waals surface area contributed by atoms with Crippen LogP contribution in [0.3, 0.4) is 0 Å². The van der Waals surface area contributed by atoms with E-state index in [0.717, 1.165) is 22.8 Å². The normalized spacial score (nSPS) is 16.4. The Bertz CT molecular complexity index is 2030. The first-order valence-corrected chi connectivity index (χ1v) is 17.3. The molecule has 1 aliphatic rings. The lowest BCUT2D eigenvalue weighted by Gasteiger charge is -2.27. The number of hydrogen-bond donors (Lipinski definition) is 1. The van der Waals surface area contributed by atoms with Gasteiger partial charge in [-0.15, -0.1) is 10.2 Å². The molecule has 0 spiro atoms. The monoisotopic (exact) mass is 715 g/mol. The first-order valence-electron chi connectivity index (χ1n) is 15.4. The predicted molar refractivity (Wildman–Crippen MR) is 177 cm³/mol. The fraction of sp³-hybridized carbons (Fsp3) is 0.382. The minimum Gasteiger partial charge on any atom is -0.495 e. The molecule has 266 valence electrons. The third-order valence-corrected chi connectivity index (χ3v) is 10.2. The fourth-order valence-corrected chi connectivity index (χ4v) is 5.50. The van der Waals surface area contributed by atoms with Crippen molar-refractivity contribution < 1.29 is 45.1 Å². The van der Waals surface area contributed by atoms with Gasteiger partial charge in [-0.3, -0.25) is 9.78 Å². The summed E-state index contributed by atoms with van der Waals surface area (Å²) in [5.74, 6) is -6.19. The highest BCUT2D eigenvalue weighted by Gasteiger charge is 2.47. The van der Waals surface area contributed by atoms with Gasteiger partial charge in [-0.2, -0.15) is 0 Å². The molecule has 5 rings (SSSR count). The molecule has 50 heavy (non-hydrogen) atoms. The van der Waals surface area contributed by atoms with Crippen molar-refractivity contribution in [2.24, 2.45) is 0 Å². The lowest BCUT2D eigenvalue weighted by atomic mass is 9.99. The average molecular weight is 716 g/mol. The number of sulfone groups is 1. The standard InChI is InChI=1S/C34H36F3N5O7S/c1-32(2,3)49-31(44)39-26-16-34(36,37)23-15-24(35)22(28-40-41-30(48-28)33(4,5)50(7,45)46)14-27(23)42(29(26)43)18-19-8-10-20(11-9-19)25-13-12-21(47-6)17-38-25/h8-15,17,26H,16,18H2,1-7H3,(H,39,44)/t26-/m1/s1. The summed E-state index contributed by atoms with van der Waals surface area (Å²) in [4.78, 5) is 32.2. The van der Waals surface area contributed by atoms with Crippen LogP contribution in [0.2, 0.25) is 0 Å². The second-order valence-electron chi connectivity index (χ2n) is 13.4. The number of methoxy groups -OCH3 is 1. The van der Waals surface area contributed by atoms with Gasteiger partial charge in [-0.1, -0.05) is 24.3 Å². The number of halogens is 3. The van der Waals surface area contributed by atoms with Crippen molar-refractivity contribution in [2.45, 2.75) is 69.9 Å². The molecular weight excluding hydrogens is 679 g/mol. The molecule has 0 aliphatic carbocycles. The first-order chi connectivity index (χ1) is 23.2. The first kappa shape index (κ1) is 36.3. The topological polar surface area (TPSA) is 154 Å². The highest BCUT2D eigenvalue weighted by Crippen LogP contribution is 2.45. The summed E-state index contributed by atoms with van der Waals surface area (Å²) >= 11 is 0. The zero-order chi connectivity index (χ0) is 36.8. The molecule has 0 unspecified atom stereocenters. The number of amides is 2. The van der Waals surface area contributed by atoms with Crippen molar-refractivity contribution in [3.8, 4) is 28.5 Å². The molecule has 0 saturated carbocycles. The van der Waals surface area contributed by atoms with Crippen molar-refractivity contribution in [3.63, 3.8) is 0 Å². The van der Waals surface area contributed by atoms with Gasteiger partial charge in [0.1, 0.15) is 28.0 Å². The van der Waals surface area contributed by atoms with E-state index in [1.807, 2.05) is 0 Å². The molecule has 2 amide bonds. The maximum atomic E-state index is 16.0. The summed E-state index contributed by atoms with van der Waals surface area (Å²) in [7, 11) is -2.25. The van der Waals surface area contributed by atoms with Gasteiger partial charge < -0.3 is 24.1 Å². The number of rotatable bonds is 8. The number of pyridine rings is 1. The van der Waals surface area contributed by atoms with Crippen LogP contribution in [0, 0.1) is 5.82 Å². The van der Waals surface area contributed by atoms with Crippen LogP contribution >= 0.6 is 0 Å². The molecule has 2 aromatic carbocycles. The minimum absolute atomic E-state index is 0.272. The maximum Gasteiger partial charge on any atom is 0.408 e. The molecular formula is C34H36F3N5O7S. The molecule has 12 nitrogen and oxygen atoms in total. The third kappa shape index (κ3) is 7.44. The summed E-state index contributed by atoms with van der Waals surface area (Å²) in [5, 5.41) is 9.85. The van der Waals surface area contributed by atoms with Gasteiger partial charge in [0, 0.05) is 23.8 Å². The maximum absolute atomic E-state index is 16.0. The lowest BCUT2D eigenvalue weighted by molar-refractivity contribution is -0.123. The molecule has 4 aromatic rings. The number of anilines is 1. The molecule has 0 bridgehead atoms. The number of aromatic nitrogens is 3. The van der Waals surface area contributed by atoms with Gasteiger partial charge in [-0.05, 0) is 64.4 Å². The molecule has 1 atom stereocenters. The van der Waals surface area contributed by atoms with E-state index in [2.05, 4.69) is 20.5 Å². The minimum atomic E-state index is -3.82. The van der Waals surface area contributed by atoms with E-state index in [0.29, 0.717) is 23.1 Å². The van der Waals surface area contributed by atoms with E-state index < -0.39 is 73.4 Å². The molecule has 1 aliphatic heterocycles. The highest BCUT2D eigenvalue weighted by atomic mass is 32.2. The van der Waals surface area contributed by atoms with Gasteiger partial charge in [0.25, 0.3) is 11.8 Å². The number of nitrogens with one attached hydrogen (secondary N) is 1. The number of nitrogens with zero attached hydrogens (tertiary/aromatic N) is 4. The second-order valence-corrected chi connectivity index (χ2v) is 15.9. The van der Waals surface area contributed by atoms with Gasteiger partial charge >= 0.3 is 6.09 Å². The molecule has 0 radical (unpaired) electrons. The van der Waals surface area contributed by atoms with E-state index in [4.69, 9.17) is 13.9 Å². The van der Waals surface area contributed by atoms with Crippen molar-refractivity contribution in [1.29, 1.82) is 0 Å². The average Bonchev–Trinajstić information content (AvgIpc) is 3.51.